The summed E-state index contributed by atoms with van der Waals surface area (Å²) in [6.07, 6.45) is 8.36. The minimum atomic E-state index is -0.351. The molecule has 4 amide bonds. The normalized spacial score (nSPS) is 20.1. The molecule has 1 saturated heterocycles. The van der Waals surface area contributed by atoms with Crippen LogP contribution in [0.1, 0.15) is 53.7 Å². The van der Waals surface area contributed by atoms with Gasteiger partial charge in [0.25, 0.3) is 0 Å². The SMILES string of the molecule is Cc1cccc([C@H]2C[C@@H]2C(=O)Nc2cc(NCc3cn4cc(C5CC5)cc(N5CC(=O)N(C)C5=O)c4n3)ncn2)n1. The van der Waals surface area contributed by atoms with Crippen LogP contribution in [0.4, 0.5) is 22.1 Å². The Morgan fingerprint density at radius 3 is 2.66 bits per heavy atom. The minimum Gasteiger partial charge on any atom is -0.364 e. The standard InChI is InChI=1S/C29H29N9O3/c1-16-4-3-5-22(33-16)20-9-21(20)28(40)35-25-10-24(31-15-32-25)30-11-19-13-37-12-18(17-6-7-17)8-23(27(37)34-19)38-14-26(39)36(2)29(38)41/h3-5,8,10,12-13,15,17,20-21H,6-7,9,11,14H2,1-2H3,(H2,30,31,32,35,40)/t20-,21-/m0/s1. The summed E-state index contributed by atoms with van der Waals surface area (Å²) in [6, 6.07) is 9.21. The third-order valence-corrected chi connectivity index (χ3v) is 7.91. The van der Waals surface area contributed by atoms with E-state index < -0.39 is 0 Å². The lowest BCUT2D eigenvalue weighted by atomic mass is 10.1. The zero-order valence-corrected chi connectivity index (χ0v) is 22.7. The summed E-state index contributed by atoms with van der Waals surface area (Å²) < 4.78 is 1.93. The molecular formula is C29H29N9O3. The molecule has 5 heterocycles. The number of aryl methyl sites for hydroxylation is 1. The first-order chi connectivity index (χ1) is 19.8. The summed E-state index contributed by atoms with van der Waals surface area (Å²) in [4.78, 5) is 58.3. The van der Waals surface area contributed by atoms with Gasteiger partial charge in [-0.1, -0.05) is 6.07 Å². The van der Waals surface area contributed by atoms with Crippen molar-refractivity contribution < 1.29 is 14.4 Å². The van der Waals surface area contributed by atoms with Crippen LogP contribution in [-0.4, -0.2) is 60.7 Å². The molecule has 7 rings (SSSR count). The number of aromatic nitrogens is 5. The maximum Gasteiger partial charge on any atom is 0.331 e. The van der Waals surface area contributed by atoms with Crippen molar-refractivity contribution in [2.75, 3.05) is 29.1 Å². The summed E-state index contributed by atoms with van der Waals surface area (Å²) in [5, 5.41) is 6.16. The second-order valence-corrected chi connectivity index (χ2v) is 11.0. The highest BCUT2D eigenvalue weighted by atomic mass is 16.2. The number of likely N-dealkylation sites (N-methyl/N-ethyl adjacent to an activating group) is 1. The van der Waals surface area contributed by atoms with Crippen LogP contribution in [0.2, 0.25) is 0 Å². The Hall–Kier alpha value is -4.87. The summed E-state index contributed by atoms with van der Waals surface area (Å²) in [7, 11) is 1.50. The van der Waals surface area contributed by atoms with Crippen LogP contribution in [0, 0.1) is 12.8 Å². The van der Waals surface area contributed by atoms with Gasteiger partial charge >= 0.3 is 6.03 Å². The Morgan fingerprint density at radius 2 is 1.90 bits per heavy atom. The molecular weight excluding hydrogens is 522 g/mol. The number of hydrogen-bond acceptors (Lipinski definition) is 8. The van der Waals surface area contributed by atoms with Crippen LogP contribution in [0.3, 0.4) is 0 Å². The molecule has 2 atom stereocenters. The summed E-state index contributed by atoms with van der Waals surface area (Å²) in [5.74, 6) is 1.10. The van der Waals surface area contributed by atoms with Gasteiger partial charge in [0.15, 0.2) is 5.65 Å². The van der Waals surface area contributed by atoms with Crippen LogP contribution in [0.25, 0.3) is 5.65 Å². The van der Waals surface area contributed by atoms with Gasteiger partial charge in [-0.05, 0) is 55.9 Å². The maximum absolute atomic E-state index is 12.8. The first kappa shape index (κ1) is 25.1. The number of anilines is 3. The predicted octanol–water partition coefficient (Wildman–Crippen LogP) is 3.46. The van der Waals surface area contributed by atoms with Crippen LogP contribution < -0.4 is 15.5 Å². The van der Waals surface area contributed by atoms with Gasteiger partial charge < -0.3 is 15.0 Å². The first-order valence-electron chi connectivity index (χ1n) is 13.7. The molecule has 2 N–H and O–H groups in total. The average Bonchev–Trinajstić information content (AvgIpc) is 3.89. The lowest BCUT2D eigenvalue weighted by molar-refractivity contribution is -0.124. The van der Waals surface area contributed by atoms with Crippen molar-refractivity contribution in [3.8, 4) is 0 Å². The Kier molecular flexibility index (Phi) is 5.91. The number of imide groups is 1. The molecule has 41 heavy (non-hydrogen) atoms. The molecule has 12 heteroatoms. The molecule has 0 spiro atoms. The van der Waals surface area contributed by atoms with Crippen molar-refractivity contribution in [1.29, 1.82) is 0 Å². The number of fused-ring (bicyclic) bond motifs is 1. The van der Waals surface area contributed by atoms with E-state index in [2.05, 4.69) is 31.8 Å². The molecule has 12 nitrogen and oxygen atoms in total. The molecule has 0 bridgehead atoms. The Balaban J connectivity index is 1.05. The van der Waals surface area contributed by atoms with Gasteiger partial charge in [0.05, 0.1) is 17.9 Å². The third-order valence-electron chi connectivity index (χ3n) is 7.91. The fourth-order valence-electron chi connectivity index (χ4n) is 5.37. The van der Waals surface area contributed by atoms with Gasteiger partial charge in [-0.3, -0.25) is 24.4 Å². The largest absolute Gasteiger partial charge is 0.364 e. The molecule has 2 aliphatic carbocycles. The van der Waals surface area contributed by atoms with E-state index in [1.807, 2.05) is 41.8 Å². The quantitative estimate of drug-likeness (QED) is 0.318. The Morgan fingerprint density at radius 1 is 1.07 bits per heavy atom. The first-order valence-corrected chi connectivity index (χ1v) is 13.7. The van der Waals surface area contributed by atoms with Gasteiger partial charge in [-0.2, -0.15) is 0 Å². The van der Waals surface area contributed by atoms with Gasteiger partial charge in [-0.25, -0.2) is 19.7 Å². The van der Waals surface area contributed by atoms with E-state index in [-0.39, 0.29) is 36.2 Å². The number of hydrogen-bond donors (Lipinski definition) is 2. The number of carbonyl (C=O) groups excluding carboxylic acids is 3. The fourth-order valence-corrected chi connectivity index (χ4v) is 5.37. The maximum atomic E-state index is 12.8. The van der Waals surface area contributed by atoms with E-state index in [4.69, 9.17) is 4.98 Å². The molecule has 0 aromatic carbocycles. The number of pyridine rings is 2. The molecule has 2 saturated carbocycles. The van der Waals surface area contributed by atoms with E-state index >= 15 is 0 Å². The highest BCUT2D eigenvalue weighted by Gasteiger charge is 2.45. The van der Waals surface area contributed by atoms with Crippen molar-refractivity contribution in [3.05, 3.63) is 71.7 Å². The van der Waals surface area contributed by atoms with E-state index in [0.29, 0.717) is 35.4 Å². The van der Waals surface area contributed by atoms with Crippen molar-refractivity contribution in [2.45, 2.75) is 44.6 Å². The molecule has 1 aliphatic heterocycles. The number of nitrogens with zero attached hydrogens (tertiary/aromatic N) is 7. The molecule has 0 unspecified atom stereocenters. The monoisotopic (exact) mass is 551 g/mol. The van der Waals surface area contributed by atoms with Crippen LogP contribution >= 0.6 is 0 Å². The molecule has 3 fully saturated rings. The second-order valence-electron chi connectivity index (χ2n) is 11.0. The molecule has 208 valence electrons. The van der Waals surface area contributed by atoms with Gasteiger partial charge in [0.2, 0.25) is 11.8 Å². The fraction of sp³-hybridized carbons (Fsp3) is 0.345. The highest BCUT2D eigenvalue weighted by Crippen LogP contribution is 2.47. The number of amides is 4. The van der Waals surface area contributed by atoms with E-state index in [1.54, 1.807) is 6.07 Å². The van der Waals surface area contributed by atoms with E-state index in [0.717, 1.165) is 46.8 Å². The van der Waals surface area contributed by atoms with Crippen molar-refractivity contribution in [3.63, 3.8) is 0 Å². The van der Waals surface area contributed by atoms with Crippen molar-refractivity contribution >= 4 is 40.8 Å². The zero-order valence-electron chi connectivity index (χ0n) is 22.7. The number of nitrogens with one attached hydrogen (secondary N) is 2. The topological polar surface area (TPSA) is 138 Å². The molecule has 4 aromatic heterocycles. The summed E-state index contributed by atoms with van der Waals surface area (Å²) >= 11 is 0. The van der Waals surface area contributed by atoms with Crippen molar-refractivity contribution in [1.82, 2.24) is 29.2 Å². The Labute approximate surface area is 235 Å². The zero-order chi connectivity index (χ0) is 28.2. The average molecular weight is 552 g/mol. The lowest BCUT2D eigenvalue weighted by Crippen LogP contribution is -2.30. The van der Waals surface area contributed by atoms with Gasteiger partial charge in [0.1, 0.15) is 24.5 Å². The lowest BCUT2D eigenvalue weighted by Gasteiger charge is -2.17. The minimum absolute atomic E-state index is 0.00189. The number of imidazole rings is 1. The molecule has 0 radical (unpaired) electrons. The second kappa shape index (κ2) is 9.65. The van der Waals surface area contributed by atoms with Crippen LogP contribution in [-0.2, 0) is 16.1 Å². The third kappa shape index (κ3) is 4.85. The van der Waals surface area contributed by atoms with Gasteiger partial charge in [0, 0.05) is 48.7 Å². The molecule has 4 aromatic rings. The van der Waals surface area contributed by atoms with E-state index in [9.17, 15) is 14.4 Å². The highest BCUT2D eigenvalue weighted by molar-refractivity contribution is 6.13. The van der Waals surface area contributed by atoms with Crippen molar-refractivity contribution in [2.24, 2.45) is 5.92 Å². The molecule has 3 aliphatic rings. The van der Waals surface area contributed by atoms with Crippen LogP contribution in [0.5, 0.6) is 0 Å². The smallest absolute Gasteiger partial charge is 0.331 e. The number of carbonyl (C=O) groups is 3. The summed E-state index contributed by atoms with van der Waals surface area (Å²) in [5.41, 5.74) is 5.00. The van der Waals surface area contributed by atoms with Crippen LogP contribution in [0.15, 0.2) is 49.1 Å². The number of urea groups is 1. The predicted molar refractivity (Wildman–Crippen MR) is 150 cm³/mol. The summed E-state index contributed by atoms with van der Waals surface area (Å²) in [6.45, 7) is 2.31. The van der Waals surface area contributed by atoms with Gasteiger partial charge in [-0.15, -0.1) is 0 Å². The number of rotatable bonds is 8. The Bertz CT molecular complexity index is 1710. The van der Waals surface area contributed by atoms with E-state index in [1.165, 1.54) is 18.3 Å².